The number of aliphatic hydroxyl groups is 1. The number of Topliss-reactive ketones (excluding diaryl/α,β-unsaturated/α-hetero) is 2. The highest BCUT2D eigenvalue weighted by molar-refractivity contribution is 5.86. The van der Waals surface area contributed by atoms with Crippen molar-refractivity contribution in [2.24, 2.45) is 11.8 Å². The third kappa shape index (κ3) is 7.12. The Morgan fingerprint density at radius 3 is 2.36 bits per heavy atom. The predicted molar refractivity (Wildman–Crippen MR) is 94.7 cm³/mol. The molecular formula is C20H34F2O3. The number of ketones is 2. The van der Waals surface area contributed by atoms with Gasteiger partial charge in [-0.1, -0.05) is 52.4 Å². The van der Waals surface area contributed by atoms with Crippen LogP contribution < -0.4 is 0 Å². The van der Waals surface area contributed by atoms with E-state index >= 15 is 0 Å². The summed E-state index contributed by atoms with van der Waals surface area (Å²) in [5.74, 6) is -4.91. The van der Waals surface area contributed by atoms with Crippen molar-refractivity contribution in [3.63, 3.8) is 0 Å². The molecule has 1 aliphatic rings. The van der Waals surface area contributed by atoms with Crippen molar-refractivity contribution in [2.45, 2.75) is 103 Å². The first kappa shape index (κ1) is 22.2. The molecule has 0 aromatic rings. The Kier molecular flexibility index (Phi) is 9.77. The van der Waals surface area contributed by atoms with Crippen molar-refractivity contribution < 1.29 is 23.5 Å². The number of halogens is 2. The zero-order chi connectivity index (χ0) is 18.9. The summed E-state index contributed by atoms with van der Waals surface area (Å²) < 4.78 is 27.6. The molecule has 0 spiro atoms. The number of hydrogen-bond donors (Lipinski definition) is 1. The number of unbranched alkanes of at least 4 members (excludes halogenated alkanes) is 5. The lowest BCUT2D eigenvalue weighted by molar-refractivity contribution is -0.144. The summed E-state index contributed by atoms with van der Waals surface area (Å²) in [5.41, 5.74) is 0. The Morgan fingerprint density at radius 2 is 1.72 bits per heavy atom. The number of alkyl halides is 2. The van der Waals surface area contributed by atoms with Crippen LogP contribution >= 0.6 is 0 Å². The van der Waals surface area contributed by atoms with E-state index in [1.807, 2.05) is 6.92 Å². The first-order valence-corrected chi connectivity index (χ1v) is 9.95. The number of carbonyl (C=O) groups excluding carboxylic acids is 2. The normalized spacial score (nSPS) is 24.0. The molecule has 1 fully saturated rings. The topological polar surface area (TPSA) is 54.4 Å². The van der Waals surface area contributed by atoms with Crippen LogP contribution in [-0.4, -0.2) is 28.7 Å². The van der Waals surface area contributed by atoms with Gasteiger partial charge in [0.25, 0.3) is 0 Å². The second kappa shape index (κ2) is 11.0. The van der Waals surface area contributed by atoms with Gasteiger partial charge in [-0.3, -0.25) is 9.59 Å². The molecule has 0 bridgehead atoms. The lowest BCUT2D eigenvalue weighted by Gasteiger charge is -2.22. The Morgan fingerprint density at radius 1 is 1.08 bits per heavy atom. The zero-order valence-corrected chi connectivity index (χ0v) is 15.7. The van der Waals surface area contributed by atoms with Gasteiger partial charge >= 0.3 is 5.92 Å². The fourth-order valence-electron chi connectivity index (χ4n) is 3.77. The molecule has 0 saturated heterocycles. The largest absolute Gasteiger partial charge is 0.392 e. The fraction of sp³-hybridized carbons (Fsp3) is 0.900. The molecule has 3 nitrogen and oxygen atoms in total. The number of aliphatic hydroxyl groups excluding tert-OH is 1. The molecule has 25 heavy (non-hydrogen) atoms. The Balaban J connectivity index is 2.50. The minimum atomic E-state index is -3.28. The SMILES string of the molecule is CCCCCCC[C@H]1C(=O)C[C@@H](O)C1CCC(=O)C(F)(F)CCCC. The summed E-state index contributed by atoms with van der Waals surface area (Å²) in [6.07, 6.45) is 5.91. The van der Waals surface area contributed by atoms with Crippen LogP contribution in [0.3, 0.4) is 0 Å². The molecule has 1 N–H and O–H groups in total. The molecule has 0 radical (unpaired) electrons. The van der Waals surface area contributed by atoms with Gasteiger partial charge in [-0.05, 0) is 25.2 Å². The maximum atomic E-state index is 13.8. The molecule has 5 heteroatoms. The van der Waals surface area contributed by atoms with Crippen molar-refractivity contribution in [3.8, 4) is 0 Å². The number of rotatable bonds is 13. The summed E-state index contributed by atoms with van der Waals surface area (Å²) in [7, 11) is 0. The minimum absolute atomic E-state index is 0.0261. The molecule has 1 unspecified atom stereocenters. The maximum Gasteiger partial charge on any atom is 0.305 e. The molecule has 1 rings (SSSR count). The average Bonchev–Trinajstić information content (AvgIpc) is 2.83. The summed E-state index contributed by atoms with van der Waals surface area (Å²) in [5, 5.41) is 10.1. The molecule has 0 aromatic carbocycles. The van der Waals surface area contributed by atoms with Crippen molar-refractivity contribution in [3.05, 3.63) is 0 Å². The van der Waals surface area contributed by atoms with E-state index in [0.717, 1.165) is 25.7 Å². The van der Waals surface area contributed by atoms with Gasteiger partial charge in [0, 0.05) is 25.2 Å². The summed E-state index contributed by atoms with van der Waals surface area (Å²) in [6.45, 7) is 3.95. The molecular weight excluding hydrogens is 326 g/mol. The predicted octanol–water partition coefficient (Wildman–Crippen LogP) is 5.09. The van der Waals surface area contributed by atoms with Gasteiger partial charge in [0.1, 0.15) is 5.78 Å². The quantitative estimate of drug-likeness (QED) is 0.466. The van der Waals surface area contributed by atoms with E-state index in [9.17, 15) is 23.5 Å². The second-order valence-electron chi connectivity index (χ2n) is 7.48. The lowest BCUT2D eigenvalue weighted by Crippen LogP contribution is -2.30. The summed E-state index contributed by atoms with van der Waals surface area (Å²) >= 11 is 0. The van der Waals surface area contributed by atoms with Crippen LogP contribution in [0.1, 0.15) is 90.9 Å². The molecule has 146 valence electrons. The van der Waals surface area contributed by atoms with Crippen LogP contribution in [0, 0.1) is 11.8 Å². The summed E-state index contributed by atoms with van der Waals surface area (Å²) in [4.78, 5) is 23.9. The van der Waals surface area contributed by atoms with Crippen LogP contribution in [0.2, 0.25) is 0 Å². The van der Waals surface area contributed by atoms with Crippen LogP contribution in [0.15, 0.2) is 0 Å². The third-order valence-corrected chi connectivity index (χ3v) is 5.41. The van der Waals surface area contributed by atoms with E-state index in [1.165, 1.54) is 6.42 Å². The van der Waals surface area contributed by atoms with Gasteiger partial charge in [0.05, 0.1) is 6.10 Å². The lowest BCUT2D eigenvalue weighted by atomic mass is 9.85. The molecule has 0 heterocycles. The summed E-state index contributed by atoms with van der Waals surface area (Å²) in [6, 6.07) is 0. The van der Waals surface area contributed by atoms with Crippen LogP contribution in [0.4, 0.5) is 8.78 Å². The number of hydrogen-bond acceptors (Lipinski definition) is 3. The molecule has 3 atom stereocenters. The second-order valence-corrected chi connectivity index (χ2v) is 7.48. The highest BCUT2D eigenvalue weighted by Gasteiger charge is 2.43. The van der Waals surface area contributed by atoms with E-state index in [0.29, 0.717) is 19.3 Å². The van der Waals surface area contributed by atoms with Crippen LogP contribution in [0.5, 0.6) is 0 Å². The highest BCUT2D eigenvalue weighted by atomic mass is 19.3. The third-order valence-electron chi connectivity index (χ3n) is 5.41. The Labute approximate surface area is 150 Å². The van der Waals surface area contributed by atoms with Gasteiger partial charge in [-0.25, -0.2) is 0 Å². The average molecular weight is 360 g/mol. The Hall–Kier alpha value is -0.840. The maximum absolute atomic E-state index is 13.8. The van der Waals surface area contributed by atoms with Gasteiger partial charge in [0.15, 0.2) is 0 Å². The van der Waals surface area contributed by atoms with Gasteiger partial charge < -0.3 is 5.11 Å². The van der Waals surface area contributed by atoms with E-state index in [1.54, 1.807) is 0 Å². The van der Waals surface area contributed by atoms with Gasteiger partial charge in [-0.15, -0.1) is 0 Å². The standard InChI is InChI=1S/C20H34F2O3/c1-3-5-7-8-9-10-15-16(18(24)14-17(15)23)11-12-19(25)20(21,22)13-6-4-2/h15-16,18,24H,3-14H2,1-2H3/t15-,16?,18-/m1/s1. The van der Waals surface area contributed by atoms with Crippen molar-refractivity contribution in [1.82, 2.24) is 0 Å². The zero-order valence-electron chi connectivity index (χ0n) is 15.7. The van der Waals surface area contributed by atoms with E-state index < -0.39 is 24.2 Å². The number of carbonyl (C=O) groups is 2. The van der Waals surface area contributed by atoms with Crippen molar-refractivity contribution in [1.29, 1.82) is 0 Å². The van der Waals surface area contributed by atoms with Crippen molar-refractivity contribution >= 4 is 11.6 Å². The highest BCUT2D eigenvalue weighted by Crippen LogP contribution is 2.37. The molecule has 0 aliphatic heterocycles. The van der Waals surface area contributed by atoms with E-state index in [2.05, 4.69) is 6.92 Å². The monoisotopic (exact) mass is 360 g/mol. The van der Waals surface area contributed by atoms with E-state index in [4.69, 9.17) is 0 Å². The van der Waals surface area contributed by atoms with Crippen LogP contribution in [-0.2, 0) is 9.59 Å². The first-order valence-electron chi connectivity index (χ1n) is 9.95. The molecule has 0 amide bonds. The molecule has 1 saturated carbocycles. The fourth-order valence-corrected chi connectivity index (χ4v) is 3.77. The smallest absolute Gasteiger partial charge is 0.305 e. The van der Waals surface area contributed by atoms with Crippen LogP contribution in [0.25, 0.3) is 0 Å². The Bertz CT molecular complexity index is 423. The minimum Gasteiger partial charge on any atom is -0.392 e. The first-order chi connectivity index (χ1) is 11.8. The van der Waals surface area contributed by atoms with Gasteiger partial charge in [-0.2, -0.15) is 8.78 Å². The molecule has 0 aromatic heterocycles. The molecule has 1 aliphatic carbocycles. The van der Waals surface area contributed by atoms with Crippen molar-refractivity contribution in [2.75, 3.05) is 0 Å². The van der Waals surface area contributed by atoms with E-state index in [-0.39, 0.29) is 36.9 Å². The van der Waals surface area contributed by atoms with Gasteiger partial charge in [0.2, 0.25) is 5.78 Å².